The Morgan fingerprint density at radius 3 is 2.43 bits per heavy atom. The molecule has 1 amide bonds. The first kappa shape index (κ1) is 21.1. The van der Waals surface area contributed by atoms with Gasteiger partial charge in [-0.2, -0.15) is 0 Å². The Bertz CT molecular complexity index is 968. The summed E-state index contributed by atoms with van der Waals surface area (Å²) in [7, 11) is 3.14. The standard InChI is InChI=1S/C21H24N4O5/c1-15-12-17(25(27)28)14-22-21(15)24-10-8-23(9-11-24)20(26)7-5-16-4-6-18(29-2)19(13-16)30-3/h4-7,12-14H,8-11H2,1-3H3/b7-5+. The van der Waals surface area contributed by atoms with Gasteiger partial charge in [0.2, 0.25) is 5.91 Å². The SMILES string of the molecule is COc1ccc(/C=C/C(=O)N2CCN(c3ncc([N+](=O)[O-])cc3C)CC2)cc1OC. The highest BCUT2D eigenvalue weighted by Crippen LogP contribution is 2.28. The van der Waals surface area contributed by atoms with Gasteiger partial charge in [-0.3, -0.25) is 14.9 Å². The Labute approximate surface area is 174 Å². The van der Waals surface area contributed by atoms with Crippen LogP contribution in [0.5, 0.6) is 11.5 Å². The van der Waals surface area contributed by atoms with Crippen LogP contribution in [0, 0.1) is 17.0 Å². The number of aromatic nitrogens is 1. The molecule has 0 N–H and O–H groups in total. The van der Waals surface area contributed by atoms with Crippen LogP contribution < -0.4 is 14.4 Å². The number of nitrogens with zero attached hydrogens (tertiary/aromatic N) is 4. The van der Waals surface area contributed by atoms with E-state index in [1.165, 1.54) is 12.3 Å². The smallest absolute Gasteiger partial charge is 0.287 e. The molecule has 0 atom stereocenters. The molecule has 158 valence electrons. The maximum Gasteiger partial charge on any atom is 0.287 e. The molecule has 1 fully saturated rings. The minimum Gasteiger partial charge on any atom is -0.493 e. The average Bonchev–Trinajstić information content (AvgIpc) is 2.77. The van der Waals surface area contributed by atoms with Crippen molar-refractivity contribution in [1.29, 1.82) is 0 Å². The van der Waals surface area contributed by atoms with Gasteiger partial charge in [0.25, 0.3) is 5.69 Å². The lowest BCUT2D eigenvalue weighted by Crippen LogP contribution is -2.48. The molecule has 0 bridgehead atoms. The Hall–Kier alpha value is -3.62. The molecule has 1 aliphatic heterocycles. The Morgan fingerprint density at radius 2 is 1.83 bits per heavy atom. The first-order valence-electron chi connectivity index (χ1n) is 9.48. The number of piperazine rings is 1. The number of nitro groups is 1. The Kier molecular flexibility index (Phi) is 6.51. The second-order valence-electron chi connectivity index (χ2n) is 6.85. The van der Waals surface area contributed by atoms with E-state index in [0.717, 1.165) is 11.1 Å². The zero-order chi connectivity index (χ0) is 21.7. The van der Waals surface area contributed by atoms with Crippen LogP contribution in [0.15, 0.2) is 36.5 Å². The van der Waals surface area contributed by atoms with Crippen molar-refractivity contribution >= 4 is 23.5 Å². The fourth-order valence-corrected chi connectivity index (χ4v) is 3.35. The molecule has 1 saturated heterocycles. The van der Waals surface area contributed by atoms with Crippen molar-refractivity contribution in [1.82, 2.24) is 9.88 Å². The molecule has 0 aliphatic carbocycles. The molecule has 9 nitrogen and oxygen atoms in total. The molecular formula is C21H24N4O5. The first-order valence-corrected chi connectivity index (χ1v) is 9.48. The van der Waals surface area contributed by atoms with Gasteiger partial charge in [0.05, 0.1) is 19.1 Å². The molecular weight excluding hydrogens is 388 g/mol. The van der Waals surface area contributed by atoms with E-state index in [2.05, 4.69) is 4.98 Å². The van der Waals surface area contributed by atoms with Crippen LogP contribution in [0.4, 0.5) is 11.5 Å². The predicted molar refractivity (Wildman–Crippen MR) is 113 cm³/mol. The van der Waals surface area contributed by atoms with E-state index in [9.17, 15) is 14.9 Å². The number of rotatable bonds is 6. The zero-order valence-electron chi connectivity index (χ0n) is 17.2. The third kappa shape index (κ3) is 4.68. The summed E-state index contributed by atoms with van der Waals surface area (Å²) in [5.41, 5.74) is 1.56. The number of hydrogen-bond donors (Lipinski definition) is 0. The topological polar surface area (TPSA) is 98.0 Å². The third-order valence-corrected chi connectivity index (χ3v) is 4.96. The Balaban J connectivity index is 1.60. The number of carbonyl (C=O) groups excluding carboxylic acids is 1. The number of benzene rings is 1. The van der Waals surface area contributed by atoms with Gasteiger partial charge >= 0.3 is 0 Å². The van der Waals surface area contributed by atoms with Crippen molar-refractivity contribution < 1.29 is 19.2 Å². The number of aryl methyl sites for hydroxylation is 1. The average molecular weight is 412 g/mol. The Morgan fingerprint density at radius 1 is 1.13 bits per heavy atom. The van der Waals surface area contributed by atoms with E-state index >= 15 is 0 Å². The molecule has 1 aromatic carbocycles. The van der Waals surface area contributed by atoms with Gasteiger partial charge < -0.3 is 19.3 Å². The van der Waals surface area contributed by atoms with Crippen molar-refractivity contribution in [3.05, 3.63) is 57.8 Å². The number of pyridine rings is 1. The number of carbonyl (C=O) groups is 1. The van der Waals surface area contributed by atoms with E-state index in [1.807, 2.05) is 17.0 Å². The van der Waals surface area contributed by atoms with Crippen molar-refractivity contribution in [2.45, 2.75) is 6.92 Å². The summed E-state index contributed by atoms with van der Waals surface area (Å²) in [5.74, 6) is 1.88. The minimum atomic E-state index is -0.453. The summed E-state index contributed by atoms with van der Waals surface area (Å²) >= 11 is 0. The maximum atomic E-state index is 12.6. The summed E-state index contributed by atoms with van der Waals surface area (Å²) in [5, 5.41) is 10.9. The highest BCUT2D eigenvalue weighted by Gasteiger charge is 2.22. The zero-order valence-corrected chi connectivity index (χ0v) is 17.2. The van der Waals surface area contributed by atoms with Crippen LogP contribution in [-0.2, 0) is 4.79 Å². The minimum absolute atomic E-state index is 0.0228. The summed E-state index contributed by atoms with van der Waals surface area (Å²) < 4.78 is 10.5. The normalized spacial score (nSPS) is 14.1. The fourth-order valence-electron chi connectivity index (χ4n) is 3.35. The molecule has 2 heterocycles. The van der Waals surface area contributed by atoms with E-state index in [-0.39, 0.29) is 11.6 Å². The molecule has 0 unspecified atom stereocenters. The molecule has 1 aliphatic rings. The van der Waals surface area contributed by atoms with E-state index in [0.29, 0.717) is 43.5 Å². The van der Waals surface area contributed by atoms with Crippen LogP contribution in [0.2, 0.25) is 0 Å². The largest absolute Gasteiger partial charge is 0.493 e. The van der Waals surface area contributed by atoms with Crippen LogP contribution in [0.25, 0.3) is 6.08 Å². The monoisotopic (exact) mass is 412 g/mol. The fraction of sp³-hybridized carbons (Fsp3) is 0.333. The van der Waals surface area contributed by atoms with Gasteiger partial charge in [-0.1, -0.05) is 6.07 Å². The summed E-state index contributed by atoms with van der Waals surface area (Å²) in [6.07, 6.45) is 4.57. The van der Waals surface area contributed by atoms with E-state index in [4.69, 9.17) is 9.47 Å². The lowest BCUT2D eigenvalue weighted by Gasteiger charge is -2.35. The van der Waals surface area contributed by atoms with E-state index < -0.39 is 4.92 Å². The van der Waals surface area contributed by atoms with Gasteiger partial charge in [0.1, 0.15) is 12.0 Å². The van der Waals surface area contributed by atoms with Crippen molar-refractivity contribution in [3.8, 4) is 11.5 Å². The maximum absolute atomic E-state index is 12.6. The number of anilines is 1. The van der Waals surface area contributed by atoms with Crippen LogP contribution in [0.3, 0.4) is 0 Å². The molecule has 0 saturated carbocycles. The number of hydrogen-bond acceptors (Lipinski definition) is 7. The lowest BCUT2D eigenvalue weighted by atomic mass is 10.1. The lowest BCUT2D eigenvalue weighted by molar-refractivity contribution is -0.385. The number of amides is 1. The van der Waals surface area contributed by atoms with Crippen LogP contribution in [0.1, 0.15) is 11.1 Å². The molecule has 2 aromatic rings. The summed E-state index contributed by atoms with van der Waals surface area (Å²) in [6, 6.07) is 6.97. The summed E-state index contributed by atoms with van der Waals surface area (Å²) in [6.45, 7) is 4.13. The van der Waals surface area contributed by atoms with Crippen molar-refractivity contribution in [3.63, 3.8) is 0 Å². The first-order chi connectivity index (χ1) is 14.4. The quantitative estimate of drug-likeness (QED) is 0.409. The molecule has 1 aromatic heterocycles. The van der Waals surface area contributed by atoms with Crippen molar-refractivity contribution in [2.75, 3.05) is 45.3 Å². The van der Waals surface area contributed by atoms with E-state index in [1.54, 1.807) is 44.3 Å². The molecule has 9 heteroatoms. The second kappa shape index (κ2) is 9.25. The summed E-state index contributed by atoms with van der Waals surface area (Å²) in [4.78, 5) is 31.0. The van der Waals surface area contributed by atoms with Crippen LogP contribution in [-0.4, -0.2) is 61.1 Å². The van der Waals surface area contributed by atoms with Gasteiger partial charge in [0.15, 0.2) is 11.5 Å². The predicted octanol–water partition coefficient (Wildman–Crippen LogP) is 2.68. The third-order valence-electron chi connectivity index (χ3n) is 4.96. The molecule has 0 spiro atoms. The van der Waals surface area contributed by atoms with Gasteiger partial charge in [-0.25, -0.2) is 4.98 Å². The van der Waals surface area contributed by atoms with Gasteiger partial charge in [0, 0.05) is 38.3 Å². The van der Waals surface area contributed by atoms with Crippen LogP contribution >= 0.6 is 0 Å². The van der Waals surface area contributed by atoms with Gasteiger partial charge in [-0.05, 0) is 36.3 Å². The number of ether oxygens (including phenoxy) is 2. The molecule has 30 heavy (non-hydrogen) atoms. The highest BCUT2D eigenvalue weighted by molar-refractivity contribution is 5.92. The number of methoxy groups -OCH3 is 2. The second-order valence-corrected chi connectivity index (χ2v) is 6.85. The molecule has 3 rings (SSSR count). The highest BCUT2D eigenvalue weighted by atomic mass is 16.6. The molecule has 0 radical (unpaired) electrons. The van der Waals surface area contributed by atoms with Gasteiger partial charge in [-0.15, -0.1) is 0 Å². The van der Waals surface area contributed by atoms with Crippen molar-refractivity contribution in [2.24, 2.45) is 0 Å².